The first-order chi connectivity index (χ1) is 11.5. The number of carboxylic acids is 1. The van der Waals surface area contributed by atoms with Crippen molar-refractivity contribution in [3.8, 4) is 17.1 Å². The zero-order chi connectivity index (χ0) is 18.9. The van der Waals surface area contributed by atoms with Gasteiger partial charge in [0, 0.05) is 7.05 Å². The van der Waals surface area contributed by atoms with Crippen LogP contribution in [0.4, 0.5) is 17.6 Å². The second kappa shape index (κ2) is 6.67. The maximum atomic E-state index is 14.2. The van der Waals surface area contributed by atoms with Gasteiger partial charge in [0.15, 0.2) is 17.8 Å². The van der Waals surface area contributed by atoms with Crippen LogP contribution >= 0.6 is 0 Å². The van der Waals surface area contributed by atoms with Crippen LogP contribution in [0.1, 0.15) is 23.1 Å². The summed E-state index contributed by atoms with van der Waals surface area (Å²) in [5, 5.41) is 22.0. The van der Waals surface area contributed by atoms with Crippen LogP contribution < -0.4 is 4.74 Å². The summed E-state index contributed by atoms with van der Waals surface area (Å²) < 4.78 is 58.0. The lowest BCUT2D eigenvalue weighted by Crippen LogP contribution is -2.31. The van der Waals surface area contributed by atoms with Crippen molar-refractivity contribution in [3.05, 3.63) is 29.3 Å². The largest absolute Gasteiger partial charge is 0.480 e. The van der Waals surface area contributed by atoms with Crippen molar-refractivity contribution in [2.24, 2.45) is 7.05 Å². The first kappa shape index (κ1) is 18.6. The fraction of sp³-hybridized carbons (Fsp3) is 0.357. The number of halogens is 4. The molecule has 0 saturated heterocycles. The van der Waals surface area contributed by atoms with Crippen LogP contribution in [0.25, 0.3) is 11.4 Å². The van der Waals surface area contributed by atoms with Crippen LogP contribution in [-0.4, -0.2) is 43.2 Å². The Morgan fingerprint density at radius 1 is 1.40 bits per heavy atom. The molecule has 0 bridgehead atoms. The number of rotatable bonds is 5. The van der Waals surface area contributed by atoms with Crippen LogP contribution in [0.15, 0.2) is 12.1 Å². The van der Waals surface area contributed by atoms with Crippen LogP contribution in [0.5, 0.6) is 5.75 Å². The molecule has 1 unspecified atom stereocenters. The molecule has 0 fully saturated rings. The Morgan fingerprint density at radius 3 is 2.52 bits per heavy atom. The quantitative estimate of drug-likeness (QED) is 0.790. The molecule has 136 valence electrons. The molecular weight excluding hydrogens is 350 g/mol. The minimum atomic E-state index is -4.74. The van der Waals surface area contributed by atoms with E-state index in [1.807, 2.05) is 0 Å². The molecule has 1 atom stereocenters. The van der Waals surface area contributed by atoms with Crippen molar-refractivity contribution >= 4 is 5.97 Å². The number of carbonyl (C=O) groups is 1. The third-order valence-electron chi connectivity index (χ3n) is 3.30. The monoisotopic (exact) mass is 363 g/mol. The zero-order valence-electron chi connectivity index (χ0n) is 13.0. The number of alkyl halides is 3. The predicted octanol–water partition coefficient (Wildman–Crippen LogP) is 2.14. The lowest BCUT2D eigenvalue weighted by Gasteiger charge is -2.19. The maximum absolute atomic E-state index is 14.2. The van der Waals surface area contributed by atoms with Crippen molar-refractivity contribution in [1.29, 1.82) is 0 Å². The summed E-state index contributed by atoms with van der Waals surface area (Å²) >= 11 is 0. The highest BCUT2D eigenvalue weighted by Crippen LogP contribution is 2.32. The SMILES string of the molecule is CC(Oc1cc(-c2nc(CO)n(C)n2)c(F)cc1C(=O)O)C(F)(F)F. The van der Waals surface area contributed by atoms with Gasteiger partial charge in [-0.05, 0) is 19.1 Å². The van der Waals surface area contributed by atoms with Crippen molar-refractivity contribution in [2.45, 2.75) is 25.8 Å². The van der Waals surface area contributed by atoms with Gasteiger partial charge in [-0.25, -0.2) is 14.2 Å². The molecular formula is C14H13F4N3O4. The van der Waals surface area contributed by atoms with Gasteiger partial charge in [0.05, 0.1) is 5.56 Å². The smallest absolute Gasteiger partial charge is 0.425 e. The lowest BCUT2D eigenvalue weighted by atomic mass is 10.1. The van der Waals surface area contributed by atoms with Crippen LogP contribution in [0, 0.1) is 5.82 Å². The average molecular weight is 363 g/mol. The second-order valence-corrected chi connectivity index (χ2v) is 5.07. The van der Waals surface area contributed by atoms with E-state index in [-0.39, 0.29) is 17.2 Å². The van der Waals surface area contributed by atoms with Crippen molar-refractivity contribution in [2.75, 3.05) is 0 Å². The van der Waals surface area contributed by atoms with E-state index in [1.165, 1.54) is 7.05 Å². The molecule has 0 radical (unpaired) electrons. The minimum absolute atomic E-state index is 0.0860. The fourth-order valence-electron chi connectivity index (χ4n) is 1.92. The molecule has 0 aliphatic heterocycles. The Morgan fingerprint density at radius 2 is 2.04 bits per heavy atom. The molecule has 0 aliphatic carbocycles. The van der Waals surface area contributed by atoms with Gasteiger partial charge in [0.25, 0.3) is 0 Å². The number of hydrogen-bond donors (Lipinski definition) is 2. The van der Waals surface area contributed by atoms with E-state index in [1.54, 1.807) is 0 Å². The highest BCUT2D eigenvalue weighted by molar-refractivity contribution is 5.91. The lowest BCUT2D eigenvalue weighted by molar-refractivity contribution is -0.189. The first-order valence-electron chi connectivity index (χ1n) is 6.86. The number of aromatic carboxylic acids is 1. The number of nitrogens with zero attached hydrogens (tertiary/aromatic N) is 3. The molecule has 0 amide bonds. The van der Waals surface area contributed by atoms with Gasteiger partial charge in [-0.3, -0.25) is 4.68 Å². The fourth-order valence-corrected chi connectivity index (χ4v) is 1.92. The maximum Gasteiger partial charge on any atom is 0.425 e. The Kier molecular flexibility index (Phi) is 4.97. The van der Waals surface area contributed by atoms with Crippen molar-refractivity contribution in [3.63, 3.8) is 0 Å². The molecule has 0 spiro atoms. The Hall–Kier alpha value is -2.69. The van der Waals surface area contributed by atoms with Gasteiger partial charge in [-0.1, -0.05) is 0 Å². The number of ether oxygens (including phenoxy) is 1. The van der Waals surface area contributed by atoms with Gasteiger partial charge in [-0.15, -0.1) is 0 Å². The molecule has 1 aromatic carbocycles. The molecule has 2 aromatic rings. The van der Waals surface area contributed by atoms with E-state index < -0.39 is 42.0 Å². The van der Waals surface area contributed by atoms with Crippen molar-refractivity contribution < 1.29 is 37.3 Å². The van der Waals surface area contributed by atoms with E-state index in [2.05, 4.69) is 14.8 Å². The van der Waals surface area contributed by atoms with E-state index in [0.29, 0.717) is 13.0 Å². The van der Waals surface area contributed by atoms with Gasteiger partial charge >= 0.3 is 12.1 Å². The number of aromatic nitrogens is 3. The molecule has 2 N–H and O–H groups in total. The summed E-state index contributed by atoms with van der Waals surface area (Å²) in [4.78, 5) is 15.0. The van der Waals surface area contributed by atoms with E-state index in [4.69, 9.17) is 10.2 Å². The summed E-state index contributed by atoms with van der Waals surface area (Å²) in [6, 6.07) is 1.32. The number of aliphatic hydroxyl groups excluding tert-OH is 1. The van der Waals surface area contributed by atoms with Gasteiger partial charge in [0.2, 0.25) is 0 Å². The van der Waals surface area contributed by atoms with E-state index in [0.717, 1.165) is 10.7 Å². The number of aryl methyl sites for hydroxylation is 1. The van der Waals surface area contributed by atoms with Gasteiger partial charge in [0.1, 0.15) is 23.7 Å². The number of aliphatic hydroxyl groups is 1. The summed E-state index contributed by atoms with van der Waals surface area (Å²) in [6.45, 7) is 0.199. The average Bonchev–Trinajstić information content (AvgIpc) is 2.88. The normalized spacial score (nSPS) is 12.9. The van der Waals surface area contributed by atoms with Gasteiger partial charge in [-0.2, -0.15) is 18.3 Å². The molecule has 0 aliphatic rings. The second-order valence-electron chi connectivity index (χ2n) is 5.07. The Balaban J connectivity index is 2.55. The summed E-state index contributed by atoms with van der Waals surface area (Å²) in [6.07, 6.45) is -7.05. The van der Waals surface area contributed by atoms with Crippen LogP contribution in [0.2, 0.25) is 0 Å². The number of carboxylic acid groups (broad SMARTS) is 1. The Labute approximate surface area is 138 Å². The highest BCUT2D eigenvalue weighted by Gasteiger charge is 2.39. The minimum Gasteiger partial charge on any atom is -0.480 e. The summed E-state index contributed by atoms with van der Waals surface area (Å²) in [5.41, 5.74) is -1.12. The first-order valence-corrected chi connectivity index (χ1v) is 6.86. The Bertz CT molecular complexity index is 804. The predicted molar refractivity (Wildman–Crippen MR) is 75.4 cm³/mol. The molecule has 7 nitrogen and oxygen atoms in total. The third-order valence-corrected chi connectivity index (χ3v) is 3.30. The molecule has 2 rings (SSSR count). The van der Waals surface area contributed by atoms with Crippen LogP contribution in [-0.2, 0) is 13.7 Å². The molecule has 1 heterocycles. The zero-order valence-corrected chi connectivity index (χ0v) is 13.0. The third kappa shape index (κ3) is 3.87. The number of benzene rings is 1. The molecule has 25 heavy (non-hydrogen) atoms. The summed E-state index contributed by atoms with van der Waals surface area (Å²) in [7, 11) is 1.43. The molecule has 1 aromatic heterocycles. The van der Waals surface area contributed by atoms with Crippen LogP contribution in [0.3, 0.4) is 0 Å². The van der Waals surface area contributed by atoms with Crippen molar-refractivity contribution in [1.82, 2.24) is 14.8 Å². The van der Waals surface area contributed by atoms with Gasteiger partial charge < -0.3 is 14.9 Å². The number of hydrogen-bond acceptors (Lipinski definition) is 5. The van der Waals surface area contributed by atoms with E-state index in [9.17, 15) is 22.4 Å². The van der Waals surface area contributed by atoms with E-state index >= 15 is 0 Å². The topological polar surface area (TPSA) is 97.5 Å². The molecule has 0 saturated carbocycles. The highest BCUT2D eigenvalue weighted by atomic mass is 19.4. The standard InChI is InChI=1S/C14H13F4N3O4/c1-6(14(16,17)18)25-10-4-7(9(15)3-8(10)13(23)24)12-19-11(5-22)21(2)20-12/h3-4,6,22H,5H2,1-2H3,(H,23,24). The molecule has 11 heteroatoms. The summed E-state index contributed by atoms with van der Waals surface area (Å²) in [5.74, 6) is -3.53.